The highest BCUT2D eigenvalue weighted by Crippen LogP contribution is 2.30. The van der Waals surface area contributed by atoms with Gasteiger partial charge in [-0.05, 0) is 81.2 Å². The number of hydrazine groups is 1. The van der Waals surface area contributed by atoms with Gasteiger partial charge in [-0.25, -0.2) is 9.80 Å². The molecular weight excluding hydrogens is 388 g/mol. The molecule has 1 unspecified atom stereocenters. The van der Waals surface area contributed by atoms with Crippen LogP contribution in [0.5, 0.6) is 5.75 Å². The second-order valence-corrected chi connectivity index (χ2v) is 9.45. The first-order valence-electron chi connectivity index (χ1n) is 12.4. The van der Waals surface area contributed by atoms with E-state index in [2.05, 4.69) is 40.5 Å². The highest BCUT2D eigenvalue weighted by molar-refractivity contribution is 5.73. The standard InChI is InChI=1S/C25H40N4O2/c1-3-13-29(23-9-7-20-8-10-24(31-2)19-21(20)18-23)22-11-16-27(17-12-22)25(30)26-28-14-5-4-6-15-28/h8,10,19,22-23H,3-7,9,11-18H2,1-2H3,(H,26,30). The Hall–Kier alpha value is -1.79. The fraction of sp³-hybridized carbons (Fsp3) is 0.720. The molecule has 1 aliphatic carbocycles. The van der Waals surface area contributed by atoms with Crippen LogP contribution >= 0.6 is 0 Å². The fourth-order valence-electron chi connectivity index (χ4n) is 5.66. The maximum Gasteiger partial charge on any atom is 0.331 e. The number of amides is 2. The lowest BCUT2D eigenvalue weighted by molar-refractivity contribution is 0.0678. The molecule has 2 fully saturated rings. The second kappa shape index (κ2) is 10.7. The molecule has 0 radical (unpaired) electrons. The highest BCUT2D eigenvalue weighted by atomic mass is 16.5. The van der Waals surface area contributed by atoms with Gasteiger partial charge in [0.05, 0.1) is 7.11 Å². The van der Waals surface area contributed by atoms with Crippen LogP contribution < -0.4 is 10.2 Å². The summed E-state index contributed by atoms with van der Waals surface area (Å²) in [5.74, 6) is 0.967. The lowest BCUT2D eigenvalue weighted by atomic mass is 9.86. The first-order chi connectivity index (χ1) is 15.2. The predicted molar refractivity (Wildman–Crippen MR) is 124 cm³/mol. The monoisotopic (exact) mass is 428 g/mol. The Morgan fingerprint density at radius 3 is 2.55 bits per heavy atom. The third-order valence-corrected chi connectivity index (χ3v) is 7.40. The van der Waals surface area contributed by atoms with Gasteiger partial charge >= 0.3 is 6.03 Å². The zero-order chi connectivity index (χ0) is 21.6. The van der Waals surface area contributed by atoms with Gasteiger partial charge in [0.15, 0.2) is 0 Å². The number of ether oxygens (including phenoxy) is 1. The summed E-state index contributed by atoms with van der Waals surface area (Å²) in [6.07, 6.45) is 10.5. The van der Waals surface area contributed by atoms with Crippen molar-refractivity contribution in [1.82, 2.24) is 20.2 Å². The van der Waals surface area contributed by atoms with Gasteiger partial charge < -0.3 is 9.64 Å². The van der Waals surface area contributed by atoms with Crippen molar-refractivity contribution in [3.63, 3.8) is 0 Å². The number of piperidine rings is 2. The first kappa shape index (κ1) is 22.4. The molecule has 1 aromatic carbocycles. The fourth-order valence-corrected chi connectivity index (χ4v) is 5.66. The Morgan fingerprint density at radius 2 is 1.84 bits per heavy atom. The zero-order valence-corrected chi connectivity index (χ0v) is 19.4. The summed E-state index contributed by atoms with van der Waals surface area (Å²) in [6.45, 7) is 7.13. The third kappa shape index (κ3) is 5.53. The molecule has 6 heteroatoms. The predicted octanol–water partition coefficient (Wildman–Crippen LogP) is 3.84. The smallest absolute Gasteiger partial charge is 0.331 e. The molecule has 2 heterocycles. The number of carbonyl (C=O) groups is 1. The van der Waals surface area contributed by atoms with Crippen LogP contribution in [0.1, 0.15) is 63.0 Å². The average molecular weight is 429 g/mol. The number of nitrogens with zero attached hydrogens (tertiary/aromatic N) is 3. The topological polar surface area (TPSA) is 48.0 Å². The molecular formula is C25H40N4O2. The van der Waals surface area contributed by atoms with E-state index in [1.165, 1.54) is 43.2 Å². The van der Waals surface area contributed by atoms with Crippen LogP contribution in [0.25, 0.3) is 0 Å². The lowest BCUT2D eigenvalue weighted by Gasteiger charge is -2.44. The molecule has 2 aliphatic heterocycles. The van der Waals surface area contributed by atoms with Crippen LogP contribution in [0.2, 0.25) is 0 Å². The molecule has 0 saturated carbocycles. The molecule has 6 nitrogen and oxygen atoms in total. The Balaban J connectivity index is 1.33. The van der Waals surface area contributed by atoms with Gasteiger partial charge in [0.1, 0.15) is 5.75 Å². The van der Waals surface area contributed by atoms with E-state index in [9.17, 15) is 4.79 Å². The van der Waals surface area contributed by atoms with Gasteiger partial charge in [-0.2, -0.15) is 0 Å². The van der Waals surface area contributed by atoms with Gasteiger partial charge in [-0.15, -0.1) is 0 Å². The number of hydrogen-bond donors (Lipinski definition) is 1. The van der Waals surface area contributed by atoms with Crippen LogP contribution in [-0.4, -0.2) is 72.8 Å². The summed E-state index contributed by atoms with van der Waals surface area (Å²) in [6, 6.07) is 7.84. The Morgan fingerprint density at radius 1 is 1.06 bits per heavy atom. The van der Waals surface area contributed by atoms with Crippen LogP contribution in [0, 0.1) is 0 Å². The maximum absolute atomic E-state index is 12.7. The first-order valence-corrected chi connectivity index (χ1v) is 12.4. The molecule has 0 spiro atoms. The average Bonchev–Trinajstić information content (AvgIpc) is 2.82. The lowest BCUT2D eigenvalue weighted by Crippen LogP contribution is -2.55. The molecule has 1 N–H and O–H groups in total. The SMILES string of the molecule is CCCN(C1CCN(C(=O)NN2CCCCC2)CC1)C1CCc2ccc(OC)cc2C1. The normalized spacial score (nSPS) is 22.9. The minimum absolute atomic E-state index is 0.0982. The van der Waals surface area contributed by atoms with Crippen molar-refractivity contribution in [1.29, 1.82) is 0 Å². The van der Waals surface area contributed by atoms with E-state index in [4.69, 9.17) is 4.74 Å². The number of nitrogens with one attached hydrogen (secondary N) is 1. The van der Waals surface area contributed by atoms with Crippen molar-refractivity contribution in [2.75, 3.05) is 39.8 Å². The Kier molecular flexibility index (Phi) is 7.72. The van der Waals surface area contributed by atoms with E-state index in [1.807, 2.05) is 4.90 Å². The van der Waals surface area contributed by atoms with Crippen molar-refractivity contribution in [3.8, 4) is 5.75 Å². The van der Waals surface area contributed by atoms with Gasteiger partial charge in [-0.1, -0.05) is 19.4 Å². The van der Waals surface area contributed by atoms with Gasteiger partial charge in [0.2, 0.25) is 0 Å². The summed E-state index contributed by atoms with van der Waals surface area (Å²) in [4.78, 5) is 17.5. The summed E-state index contributed by atoms with van der Waals surface area (Å²) in [7, 11) is 1.75. The summed E-state index contributed by atoms with van der Waals surface area (Å²) >= 11 is 0. The molecule has 2 saturated heterocycles. The molecule has 31 heavy (non-hydrogen) atoms. The summed E-state index contributed by atoms with van der Waals surface area (Å²) in [5.41, 5.74) is 6.08. The van der Waals surface area contributed by atoms with E-state index in [0.29, 0.717) is 12.1 Å². The van der Waals surface area contributed by atoms with Crippen LogP contribution in [0.4, 0.5) is 4.79 Å². The molecule has 0 bridgehead atoms. The van der Waals surface area contributed by atoms with Crippen molar-refractivity contribution >= 4 is 6.03 Å². The Bertz CT molecular complexity index is 726. The number of carbonyl (C=O) groups excluding carboxylic acids is 1. The zero-order valence-electron chi connectivity index (χ0n) is 19.4. The number of likely N-dealkylation sites (tertiary alicyclic amines) is 1. The largest absolute Gasteiger partial charge is 0.497 e. The van der Waals surface area contributed by atoms with Crippen LogP contribution in [0.3, 0.4) is 0 Å². The van der Waals surface area contributed by atoms with E-state index in [-0.39, 0.29) is 6.03 Å². The maximum atomic E-state index is 12.7. The van der Waals surface area contributed by atoms with Crippen molar-refractivity contribution in [2.45, 2.75) is 76.8 Å². The number of rotatable bonds is 6. The number of hydrogen-bond acceptors (Lipinski definition) is 4. The minimum Gasteiger partial charge on any atom is -0.497 e. The van der Waals surface area contributed by atoms with E-state index in [1.54, 1.807) is 7.11 Å². The molecule has 1 aromatic rings. The molecule has 3 aliphatic rings. The molecule has 0 aromatic heterocycles. The van der Waals surface area contributed by atoms with E-state index >= 15 is 0 Å². The van der Waals surface area contributed by atoms with Crippen LogP contribution in [-0.2, 0) is 12.8 Å². The molecule has 1 atom stereocenters. The number of fused-ring (bicyclic) bond motifs is 1. The minimum atomic E-state index is 0.0982. The van der Waals surface area contributed by atoms with Gasteiger partial charge in [0.25, 0.3) is 0 Å². The van der Waals surface area contributed by atoms with E-state index in [0.717, 1.165) is 64.2 Å². The van der Waals surface area contributed by atoms with Crippen molar-refractivity contribution in [2.24, 2.45) is 0 Å². The number of methoxy groups -OCH3 is 1. The van der Waals surface area contributed by atoms with Gasteiger partial charge in [0, 0.05) is 38.3 Å². The molecule has 4 rings (SSSR count). The third-order valence-electron chi connectivity index (χ3n) is 7.40. The summed E-state index contributed by atoms with van der Waals surface area (Å²) in [5, 5.41) is 2.11. The van der Waals surface area contributed by atoms with Gasteiger partial charge in [-0.3, -0.25) is 10.3 Å². The second-order valence-electron chi connectivity index (χ2n) is 9.45. The molecule has 172 valence electrons. The number of benzene rings is 1. The Labute approximate surface area is 187 Å². The van der Waals surface area contributed by atoms with Crippen molar-refractivity contribution in [3.05, 3.63) is 29.3 Å². The summed E-state index contributed by atoms with van der Waals surface area (Å²) < 4.78 is 5.47. The quantitative estimate of drug-likeness (QED) is 0.748. The number of urea groups is 1. The highest BCUT2D eigenvalue weighted by Gasteiger charge is 2.32. The molecule has 2 amide bonds. The number of aryl methyl sites for hydroxylation is 1. The van der Waals surface area contributed by atoms with Crippen LogP contribution in [0.15, 0.2) is 18.2 Å². The van der Waals surface area contributed by atoms with Crippen molar-refractivity contribution < 1.29 is 9.53 Å². The van der Waals surface area contributed by atoms with E-state index < -0.39 is 0 Å².